The van der Waals surface area contributed by atoms with Crippen molar-refractivity contribution in [3.63, 3.8) is 0 Å². The molecule has 6 rings (SSSR count). The Hall–Kier alpha value is -8.31. The largest absolute Gasteiger partial charge is 0.445 e. The molecule has 0 unspecified atom stereocenters. The number of nitrogens with one attached hydrogen (secondary N) is 6. The molecular weight excluding hydrogens is 981 g/mol. The molecule has 2 aromatic heterocycles. The van der Waals surface area contributed by atoms with Crippen LogP contribution in [0.4, 0.5) is 27.7 Å². The molecule has 23 nitrogen and oxygen atoms in total. The highest BCUT2D eigenvalue weighted by molar-refractivity contribution is 6.13. The van der Waals surface area contributed by atoms with Crippen LogP contribution in [0.5, 0.6) is 0 Å². The number of alkyl carbamates (subject to hydrolysis) is 1. The van der Waals surface area contributed by atoms with Crippen molar-refractivity contribution < 1.29 is 52.9 Å². The van der Waals surface area contributed by atoms with Gasteiger partial charge >= 0.3 is 6.09 Å². The fraction of sp³-hybridized carbons (Fsp3) is 0.415. The Morgan fingerprint density at radius 1 is 0.829 bits per heavy atom. The molecule has 0 radical (unpaired) electrons. The van der Waals surface area contributed by atoms with Crippen molar-refractivity contribution in [3.8, 4) is 11.3 Å². The SMILES string of the molecule is CC(=O)NCCC[C@H](NC(=O)[C@@H](NC(=O)CCCCCN1C(=O)C=CC1=O)C(C)C)C(=O)Nc1ccc(COC(=O)N[C@@H](CO)Cc2ccc(-c3cnc(N)c(C(=O)Nc4cnccc4N4CCOCC4)n3)cc2)cc1. The van der Waals surface area contributed by atoms with Gasteiger partial charge in [-0.2, -0.15) is 0 Å². The van der Waals surface area contributed by atoms with Gasteiger partial charge < -0.3 is 57.1 Å². The van der Waals surface area contributed by atoms with Crippen LogP contribution in [-0.2, 0) is 51.3 Å². The van der Waals surface area contributed by atoms with Crippen LogP contribution in [-0.4, -0.2) is 137 Å². The first-order valence-corrected chi connectivity index (χ1v) is 25.2. The summed E-state index contributed by atoms with van der Waals surface area (Å²) in [6.07, 6.45) is 8.84. The molecule has 8 amide bonds. The van der Waals surface area contributed by atoms with Crippen LogP contribution in [0.15, 0.2) is 85.3 Å². The average Bonchev–Trinajstić information content (AvgIpc) is 3.73. The number of nitrogens with zero attached hydrogens (tertiary/aromatic N) is 5. The van der Waals surface area contributed by atoms with Gasteiger partial charge in [-0.25, -0.2) is 14.8 Å². The molecule has 404 valence electrons. The van der Waals surface area contributed by atoms with Crippen LogP contribution in [0.2, 0.25) is 0 Å². The van der Waals surface area contributed by atoms with Crippen LogP contribution in [0.25, 0.3) is 11.3 Å². The molecule has 0 bridgehead atoms. The Bertz CT molecular complexity index is 2700. The topological polar surface area (TPSA) is 319 Å². The molecule has 0 spiro atoms. The van der Waals surface area contributed by atoms with Gasteiger partial charge in [0.1, 0.15) is 18.7 Å². The molecule has 0 saturated carbocycles. The smallest absolute Gasteiger partial charge is 0.407 e. The number of benzene rings is 2. The van der Waals surface area contributed by atoms with Crippen molar-refractivity contribution in [3.05, 3.63) is 102 Å². The average molecular weight is 1050 g/mol. The third kappa shape index (κ3) is 17.1. The summed E-state index contributed by atoms with van der Waals surface area (Å²) in [5.41, 5.74) is 10.2. The highest BCUT2D eigenvalue weighted by atomic mass is 16.5. The van der Waals surface area contributed by atoms with E-state index < -0.39 is 41.9 Å². The van der Waals surface area contributed by atoms with Gasteiger partial charge in [-0.1, -0.05) is 56.7 Å². The molecule has 2 aliphatic heterocycles. The predicted octanol–water partition coefficient (Wildman–Crippen LogP) is 3.01. The van der Waals surface area contributed by atoms with Gasteiger partial charge in [0.25, 0.3) is 17.7 Å². The number of pyridine rings is 1. The highest BCUT2D eigenvalue weighted by Crippen LogP contribution is 2.27. The number of ether oxygens (including phenoxy) is 2. The van der Waals surface area contributed by atoms with Crippen LogP contribution >= 0.6 is 0 Å². The summed E-state index contributed by atoms with van der Waals surface area (Å²) in [6, 6.07) is 12.8. The number of amides is 8. The fourth-order valence-electron chi connectivity index (χ4n) is 8.24. The first kappa shape index (κ1) is 57.0. The maximum absolute atomic E-state index is 13.6. The third-order valence-electron chi connectivity index (χ3n) is 12.4. The molecule has 9 N–H and O–H groups in total. The lowest BCUT2D eigenvalue weighted by Gasteiger charge is -2.30. The number of carbonyl (C=O) groups is 8. The molecular formula is C53H66N12O11. The number of unbranched alkanes of at least 4 members (excludes halogenated alkanes) is 2. The number of rotatable bonds is 26. The minimum atomic E-state index is -1.03. The summed E-state index contributed by atoms with van der Waals surface area (Å²) in [5, 5.41) is 26.7. The fourth-order valence-corrected chi connectivity index (χ4v) is 8.24. The number of carbonyl (C=O) groups excluding carboxylic acids is 8. The molecule has 2 aromatic carbocycles. The van der Waals surface area contributed by atoms with Gasteiger partial charge in [-0.3, -0.25) is 43.4 Å². The van der Waals surface area contributed by atoms with Crippen LogP contribution < -0.4 is 42.5 Å². The van der Waals surface area contributed by atoms with E-state index in [1.165, 1.54) is 25.3 Å². The lowest BCUT2D eigenvalue weighted by Crippen LogP contribution is -2.54. The number of hydrogen-bond donors (Lipinski definition) is 8. The number of imide groups is 1. The standard InChI is InChI=1S/C53H66N12O11/c1-33(2)47(63-44(68)9-5-4-6-23-65-45(69)18-19-46(65)70)51(72)61-40(8-7-21-56-34(3)67)50(71)58-38-16-12-36(13-17-38)32-76-53(74)59-39(31-66)28-35-10-14-37(15-11-35)41-30-57-49(54)48(60-41)52(73)62-42-29-55-22-20-43(42)64-24-26-75-27-25-64/h10-20,22,29-30,33,39-40,47,66H,4-9,21,23-28,31-32H2,1-3H3,(H2,54,57)(H,56,67)(H,58,71)(H,59,74)(H,61,72)(H,62,73)(H,63,68)/t39-,40+,47+/m1/s1. The Labute approximate surface area is 440 Å². The first-order valence-electron chi connectivity index (χ1n) is 25.2. The van der Waals surface area contributed by atoms with E-state index in [4.69, 9.17) is 15.2 Å². The van der Waals surface area contributed by atoms with Crippen molar-refractivity contribution in [2.24, 2.45) is 5.92 Å². The summed E-state index contributed by atoms with van der Waals surface area (Å²) in [7, 11) is 0. The van der Waals surface area contributed by atoms with Crippen LogP contribution in [0.1, 0.15) is 80.9 Å². The zero-order chi connectivity index (χ0) is 54.6. The summed E-state index contributed by atoms with van der Waals surface area (Å²) >= 11 is 0. The lowest BCUT2D eigenvalue weighted by molar-refractivity contribution is -0.137. The van der Waals surface area contributed by atoms with Crippen molar-refractivity contribution in [1.29, 1.82) is 0 Å². The van der Waals surface area contributed by atoms with Crippen molar-refractivity contribution in [2.45, 2.75) is 90.4 Å². The maximum Gasteiger partial charge on any atom is 0.407 e. The van der Waals surface area contributed by atoms with Gasteiger partial charge in [0.05, 0.1) is 55.3 Å². The number of aliphatic hydroxyl groups is 1. The van der Waals surface area contributed by atoms with Crippen molar-refractivity contribution in [2.75, 3.05) is 67.3 Å². The highest BCUT2D eigenvalue weighted by Gasteiger charge is 2.29. The number of morpholine rings is 1. The Balaban J connectivity index is 0.961. The monoisotopic (exact) mass is 1050 g/mol. The summed E-state index contributed by atoms with van der Waals surface area (Å²) in [6.45, 7) is 7.37. The second-order valence-electron chi connectivity index (χ2n) is 18.6. The molecule has 4 aromatic rings. The van der Waals surface area contributed by atoms with Crippen molar-refractivity contribution >= 4 is 70.3 Å². The second-order valence-corrected chi connectivity index (χ2v) is 18.6. The second kappa shape index (κ2) is 28.4. The molecule has 3 atom stereocenters. The molecule has 4 heterocycles. The zero-order valence-corrected chi connectivity index (χ0v) is 42.8. The van der Waals surface area contributed by atoms with Crippen LogP contribution in [0.3, 0.4) is 0 Å². The van der Waals surface area contributed by atoms with Gasteiger partial charge in [-0.05, 0) is 67.3 Å². The zero-order valence-electron chi connectivity index (χ0n) is 42.8. The molecule has 2 aliphatic rings. The van der Waals surface area contributed by atoms with E-state index in [0.29, 0.717) is 80.2 Å². The van der Waals surface area contributed by atoms with Crippen LogP contribution in [0, 0.1) is 5.92 Å². The minimum absolute atomic E-state index is 0.0441. The Kier molecular flexibility index (Phi) is 21.3. The van der Waals surface area contributed by atoms with Gasteiger partial charge in [-0.15, -0.1) is 0 Å². The first-order chi connectivity index (χ1) is 36.6. The molecule has 1 saturated heterocycles. The van der Waals surface area contributed by atoms with E-state index in [9.17, 15) is 43.5 Å². The predicted molar refractivity (Wildman–Crippen MR) is 281 cm³/mol. The Morgan fingerprint density at radius 2 is 1.54 bits per heavy atom. The summed E-state index contributed by atoms with van der Waals surface area (Å²) < 4.78 is 10.9. The van der Waals surface area contributed by atoms with E-state index in [2.05, 4.69) is 51.8 Å². The molecule has 1 fully saturated rings. The summed E-state index contributed by atoms with van der Waals surface area (Å²) in [5.74, 6) is -3.33. The van der Waals surface area contributed by atoms with Gasteiger partial charge in [0.2, 0.25) is 23.6 Å². The van der Waals surface area contributed by atoms with E-state index in [-0.39, 0.29) is 86.6 Å². The number of aliphatic hydroxyl groups excluding tert-OH is 1. The van der Waals surface area contributed by atoms with E-state index >= 15 is 0 Å². The molecule has 76 heavy (non-hydrogen) atoms. The number of nitrogen functional groups attached to an aromatic ring is 1. The van der Waals surface area contributed by atoms with E-state index in [1.54, 1.807) is 74.8 Å². The third-order valence-corrected chi connectivity index (χ3v) is 12.4. The van der Waals surface area contributed by atoms with E-state index in [1.807, 2.05) is 6.07 Å². The van der Waals surface area contributed by atoms with Gasteiger partial charge in [0.15, 0.2) is 11.5 Å². The minimum Gasteiger partial charge on any atom is -0.445 e. The normalized spacial score (nSPS) is 14.4. The quantitative estimate of drug-likeness (QED) is 0.0331. The Morgan fingerprint density at radius 3 is 2.22 bits per heavy atom. The number of anilines is 4. The number of hydrogen-bond acceptors (Lipinski definition) is 16. The van der Waals surface area contributed by atoms with Gasteiger partial charge in [0, 0.05) is 69.1 Å². The summed E-state index contributed by atoms with van der Waals surface area (Å²) in [4.78, 5) is 118. The maximum atomic E-state index is 13.6. The molecule has 23 heteroatoms. The van der Waals surface area contributed by atoms with E-state index in [0.717, 1.165) is 16.2 Å². The number of nitrogens with two attached hydrogens (primary N) is 1. The molecule has 0 aliphatic carbocycles. The van der Waals surface area contributed by atoms with Crippen molar-refractivity contribution in [1.82, 2.24) is 41.1 Å². The lowest BCUT2D eigenvalue weighted by atomic mass is 10.0. The number of aromatic nitrogens is 3.